The standard InChI is InChI=1S/C18H26N2O5/c1-13(9-12-25-16-7-5-4-6-8-16)17(22)20(14(2)18(23)24)11-10-19-15(3)21/h4-8,13-14H,9-12H2,1-3H3,(H,19,21)(H,23,24). The molecule has 2 N–H and O–H groups in total. The molecular formula is C18H26N2O5. The van der Waals surface area contributed by atoms with E-state index in [1.54, 1.807) is 6.92 Å². The number of benzene rings is 1. The molecule has 1 aromatic rings. The maximum Gasteiger partial charge on any atom is 0.326 e. The number of rotatable bonds is 10. The Bertz CT molecular complexity index is 576. The van der Waals surface area contributed by atoms with Crippen molar-refractivity contribution in [1.29, 1.82) is 0 Å². The molecule has 0 radical (unpaired) electrons. The van der Waals surface area contributed by atoms with E-state index in [4.69, 9.17) is 4.74 Å². The van der Waals surface area contributed by atoms with Crippen molar-refractivity contribution in [3.63, 3.8) is 0 Å². The number of para-hydroxylation sites is 1. The molecule has 2 amide bonds. The minimum Gasteiger partial charge on any atom is -0.494 e. The summed E-state index contributed by atoms with van der Waals surface area (Å²) in [6, 6.07) is 8.32. The fourth-order valence-corrected chi connectivity index (χ4v) is 2.26. The summed E-state index contributed by atoms with van der Waals surface area (Å²) < 4.78 is 5.58. The minimum absolute atomic E-state index is 0.149. The topological polar surface area (TPSA) is 95.9 Å². The second-order valence-corrected chi connectivity index (χ2v) is 5.88. The average molecular weight is 350 g/mol. The maximum atomic E-state index is 12.6. The van der Waals surface area contributed by atoms with Gasteiger partial charge in [-0.05, 0) is 25.5 Å². The normalized spacial score (nSPS) is 12.8. The third kappa shape index (κ3) is 7.24. The summed E-state index contributed by atoms with van der Waals surface area (Å²) in [5.41, 5.74) is 0. The lowest BCUT2D eigenvalue weighted by molar-refractivity contribution is -0.151. The third-order valence-corrected chi connectivity index (χ3v) is 3.82. The van der Waals surface area contributed by atoms with E-state index in [0.29, 0.717) is 13.0 Å². The van der Waals surface area contributed by atoms with Gasteiger partial charge in [-0.3, -0.25) is 9.59 Å². The molecule has 25 heavy (non-hydrogen) atoms. The highest BCUT2D eigenvalue weighted by molar-refractivity contribution is 5.84. The highest BCUT2D eigenvalue weighted by atomic mass is 16.5. The second kappa shape index (κ2) is 10.3. The molecule has 0 fully saturated rings. The number of aliphatic carboxylic acids is 1. The van der Waals surface area contributed by atoms with Crippen LogP contribution in [0, 0.1) is 5.92 Å². The van der Waals surface area contributed by atoms with E-state index in [2.05, 4.69) is 5.32 Å². The first-order chi connectivity index (χ1) is 11.8. The Labute approximate surface area is 148 Å². The number of ether oxygens (including phenoxy) is 1. The van der Waals surface area contributed by atoms with Crippen LogP contribution in [0.5, 0.6) is 5.75 Å². The average Bonchev–Trinajstić information content (AvgIpc) is 2.58. The summed E-state index contributed by atoms with van der Waals surface area (Å²) in [7, 11) is 0. The lowest BCUT2D eigenvalue weighted by Crippen LogP contribution is -2.48. The Balaban J connectivity index is 2.58. The first-order valence-electron chi connectivity index (χ1n) is 8.28. The van der Waals surface area contributed by atoms with Gasteiger partial charge < -0.3 is 20.1 Å². The number of hydrogen-bond acceptors (Lipinski definition) is 4. The van der Waals surface area contributed by atoms with Gasteiger partial charge in [0.05, 0.1) is 6.61 Å². The van der Waals surface area contributed by atoms with Gasteiger partial charge in [-0.15, -0.1) is 0 Å². The number of carbonyl (C=O) groups is 3. The SMILES string of the molecule is CC(=O)NCCN(C(=O)C(C)CCOc1ccccc1)C(C)C(=O)O. The van der Waals surface area contributed by atoms with Crippen molar-refractivity contribution in [2.24, 2.45) is 5.92 Å². The minimum atomic E-state index is -1.08. The smallest absolute Gasteiger partial charge is 0.326 e. The molecule has 0 aliphatic carbocycles. The summed E-state index contributed by atoms with van der Waals surface area (Å²) in [6.07, 6.45) is 0.469. The maximum absolute atomic E-state index is 12.6. The number of carbonyl (C=O) groups excluding carboxylic acids is 2. The van der Waals surface area contributed by atoms with Crippen LogP contribution >= 0.6 is 0 Å². The van der Waals surface area contributed by atoms with Crippen molar-refractivity contribution >= 4 is 17.8 Å². The van der Waals surface area contributed by atoms with E-state index in [0.717, 1.165) is 5.75 Å². The molecule has 2 atom stereocenters. The summed E-state index contributed by atoms with van der Waals surface area (Å²) in [4.78, 5) is 36.1. The zero-order valence-electron chi connectivity index (χ0n) is 14.9. The zero-order valence-corrected chi connectivity index (χ0v) is 14.9. The van der Waals surface area contributed by atoms with Gasteiger partial charge in [-0.2, -0.15) is 0 Å². The van der Waals surface area contributed by atoms with Crippen molar-refractivity contribution in [1.82, 2.24) is 10.2 Å². The number of hydrogen-bond donors (Lipinski definition) is 2. The number of nitrogens with zero attached hydrogens (tertiary/aromatic N) is 1. The summed E-state index contributed by atoms with van der Waals surface area (Å²) in [6.45, 7) is 5.30. The number of carboxylic acids is 1. The predicted octanol–water partition coefficient (Wildman–Crippen LogP) is 1.53. The quantitative estimate of drug-likeness (QED) is 0.667. The Kier molecular flexibility index (Phi) is 8.46. The van der Waals surface area contributed by atoms with Gasteiger partial charge >= 0.3 is 5.97 Å². The van der Waals surface area contributed by atoms with E-state index in [9.17, 15) is 19.5 Å². The van der Waals surface area contributed by atoms with E-state index >= 15 is 0 Å². The van der Waals surface area contributed by atoms with E-state index in [-0.39, 0.29) is 30.8 Å². The third-order valence-electron chi connectivity index (χ3n) is 3.82. The fourth-order valence-electron chi connectivity index (χ4n) is 2.26. The largest absolute Gasteiger partial charge is 0.494 e. The molecule has 1 rings (SSSR count). The molecule has 0 saturated carbocycles. The molecule has 2 unspecified atom stereocenters. The highest BCUT2D eigenvalue weighted by Gasteiger charge is 2.28. The van der Waals surface area contributed by atoms with Crippen molar-refractivity contribution in [3.05, 3.63) is 30.3 Å². The molecule has 0 saturated heterocycles. The predicted molar refractivity (Wildman–Crippen MR) is 93.2 cm³/mol. The van der Waals surface area contributed by atoms with Crippen molar-refractivity contribution in [3.8, 4) is 5.75 Å². The first kappa shape index (κ1) is 20.5. The van der Waals surface area contributed by atoms with Crippen molar-refractivity contribution < 1.29 is 24.2 Å². The molecule has 138 valence electrons. The van der Waals surface area contributed by atoms with Gasteiger partial charge in [0.1, 0.15) is 11.8 Å². The van der Waals surface area contributed by atoms with Gasteiger partial charge in [0, 0.05) is 25.9 Å². The molecule has 0 aliphatic heterocycles. The van der Waals surface area contributed by atoms with Crippen molar-refractivity contribution in [2.75, 3.05) is 19.7 Å². The van der Waals surface area contributed by atoms with Crippen LogP contribution in [-0.2, 0) is 14.4 Å². The molecule has 0 aliphatic rings. The van der Waals surface area contributed by atoms with Gasteiger partial charge in [-0.25, -0.2) is 4.79 Å². The van der Waals surface area contributed by atoms with Crippen LogP contribution < -0.4 is 10.1 Å². The fraction of sp³-hybridized carbons (Fsp3) is 0.500. The lowest BCUT2D eigenvalue weighted by Gasteiger charge is -2.29. The first-order valence-corrected chi connectivity index (χ1v) is 8.28. The van der Waals surface area contributed by atoms with Gasteiger partial charge in [0.15, 0.2) is 0 Å². The van der Waals surface area contributed by atoms with Gasteiger partial charge in [0.2, 0.25) is 11.8 Å². The number of nitrogens with one attached hydrogen (secondary N) is 1. The lowest BCUT2D eigenvalue weighted by atomic mass is 10.1. The van der Waals surface area contributed by atoms with Crippen LogP contribution in [0.25, 0.3) is 0 Å². The molecule has 0 bridgehead atoms. The Hall–Kier alpha value is -2.57. The van der Waals surface area contributed by atoms with E-state index < -0.39 is 12.0 Å². The summed E-state index contributed by atoms with van der Waals surface area (Å²) >= 11 is 0. The summed E-state index contributed by atoms with van der Waals surface area (Å²) in [5.74, 6) is -1.23. The highest BCUT2D eigenvalue weighted by Crippen LogP contribution is 2.13. The van der Waals surface area contributed by atoms with Crippen molar-refractivity contribution in [2.45, 2.75) is 33.2 Å². The Morgan fingerprint density at radius 2 is 1.84 bits per heavy atom. The number of amides is 2. The molecule has 0 aromatic heterocycles. The second-order valence-electron chi connectivity index (χ2n) is 5.88. The van der Waals surface area contributed by atoms with Crippen LogP contribution in [0.1, 0.15) is 27.2 Å². The molecule has 7 heteroatoms. The molecule has 0 spiro atoms. The molecule has 7 nitrogen and oxygen atoms in total. The van der Waals surface area contributed by atoms with Crippen LogP contribution in [0.4, 0.5) is 0 Å². The van der Waals surface area contributed by atoms with E-state index in [1.165, 1.54) is 18.7 Å². The van der Waals surface area contributed by atoms with Crippen LogP contribution in [0.3, 0.4) is 0 Å². The van der Waals surface area contributed by atoms with Crippen LogP contribution in [0.2, 0.25) is 0 Å². The van der Waals surface area contributed by atoms with Crippen LogP contribution in [-0.4, -0.2) is 53.5 Å². The van der Waals surface area contributed by atoms with Crippen LogP contribution in [0.15, 0.2) is 30.3 Å². The Morgan fingerprint density at radius 3 is 2.40 bits per heavy atom. The monoisotopic (exact) mass is 350 g/mol. The molecule has 1 aromatic carbocycles. The molecule has 0 heterocycles. The van der Waals surface area contributed by atoms with Gasteiger partial charge in [-0.1, -0.05) is 25.1 Å². The van der Waals surface area contributed by atoms with Gasteiger partial charge in [0.25, 0.3) is 0 Å². The van der Waals surface area contributed by atoms with E-state index in [1.807, 2.05) is 30.3 Å². The molecular weight excluding hydrogens is 324 g/mol. The zero-order chi connectivity index (χ0) is 18.8. The summed E-state index contributed by atoms with van der Waals surface area (Å²) in [5, 5.41) is 11.8. The Morgan fingerprint density at radius 1 is 1.20 bits per heavy atom. The number of carboxylic acid groups (broad SMARTS) is 1.